The van der Waals surface area contributed by atoms with E-state index < -0.39 is 15.9 Å². The van der Waals surface area contributed by atoms with Crippen LogP contribution in [0.4, 0.5) is 0 Å². The van der Waals surface area contributed by atoms with E-state index in [4.69, 9.17) is 0 Å². The van der Waals surface area contributed by atoms with Gasteiger partial charge in [-0.1, -0.05) is 81.3 Å². The van der Waals surface area contributed by atoms with Crippen LogP contribution in [0, 0.1) is 0 Å². The maximum Gasteiger partial charge on any atom is 0.274 e. The summed E-state index contributed by atoms with van der Waals surface area (Å²) in [6.45, 7) is 6.28. The minimum Gasteiger partial charge on any atom is -0.337 e. The predicted octanol–water partition coefficient (Wildman–Crippen LogP) is 6.39. The van der Waals surface area contributed by atoms with Gasteiger partial charge in [-0.25, -0.2) is 17.8 Å². The highest BCUT2D eigenvalue weighted by Crippen LogP contribution is 2.25. The van der Waals surface area contributed by atoms with Crippen LogP contribution in [-0.4, -0.2) is 65.4 Å². The van der Waals surface area contributed by atoms with Gasteiger partial charge in [-0.2, -0.15) is 5.10 Å². The lowest BCUT2D eigenvalue weighted by atomic mass is 9.98. The van der Waals surface area contributed by atoms with Crippen molar-refractivity contribution in [1.82, 2.24) is 24.3 Å². The largest absolute Gasteiger partial charge is 0.337 e. The number of amides is 3. The number of nitrogens with zero attached hydrogens (tertiary/aromatic N) is 4. The number of sulfonamides is 1. The molecule has 0 saturated carbocycles. The first-order valence-corrected chi connectivity index (χ1v) is 18.6. The zero-order valence-corrected chi connectivity index (χ0v) is 29.2. The van der Waals surface area contributed by atoms with E-state index in [0.29, 0.717) is 38.3 Å². The van der Waals surface area contributed by atoms with E-state index in [1.807, 2.05) is 41.3 Å². The highest BCUT2D eigenvalue weighted by atomic mass is 32.2. The van der Waals surface area contributed by atoms with Gasteiger partial charge in [0, 0.05) is 37.9 Å². The molecule has 5 aromatic rings. The minimum atomic E-state index is -4.23. The Morgan fingerprint density at radius 1 is 0.820 bits per heavy atom. The van der Waals surface area contributed by atoms with Gasteiger partial charge in [0.05, 0.1) is 16.1 Å². The molecule has 6 rings (SSSR count). The number of hydrogen-bond acceptors (Lipinski definition) is 6. The molecule has 3 amide bonds. The number of unbranched alkanes of at least 4 members (excludes halogenated alkanes) is 2. The standard InChI is InChI=1S/C39H41N5O5S/c1-3-5-21-42(22-6-4-2)39(47)35-20-24-44(40-35)36-18-16-31(26-34(36)38(46)43-23-19-29-12-8-10-14-32(29)27-43)37(45)41-50(48,49)33-17-15-28-11-7-9-13-30(28)25-33/h7-18,20,24-26H,3-6,19,21-23,27H2,1-2H3,(H,41,45). The molecule has 0 bridgehead atoms. The molecule has 1 aliphatic rings. The SMILES string of the molecule is CCCCN(CCCC)C(=O)c1ccn(-c2ccc(C(=O)NS(=O)(=O)c3ccc4ccccc4c3)cc2C(=O)N2CCc3ccccc3C2)n1. The lowest BCUT2D eigenvalue weighted by molar-refractivity contribution is 0.0732. The Bertz CT molecular complexity index is 2150. The number of aromatic nitrogens is 2. The zero-order chi connectivity index (χ0) is 35.3. The molecular weight excluding hydrogens is 651 g/mol. The summed E-state index contributed by atoms with van der Waals surface area (Å²) in [5.74, 6) is -1.39. The second kappa shape index (κ2) is 15.1. The highest BCUT2D eigenvalue weighted by molar-refractivity contribution is 7.90. The maximum atomic E-state index is 14.3. The number of hydrogen-bond donors (Lipinski definition) is 1. The fourth-order valence-electron chi connectivity index (χ4n) is 6.21. The van der Waals surface area contributed by atoms with E-state index >= 15 is 0 Å². The number of fused-ring (bicyclic) bond motifs is 2. The summed E-state index contributed by atoms with van der Waals surface area (Å²) in [7, 11) is -4.23. The molecule has 0 atom stereocenters. The summed E-state index contributed by atoms with van der Waals surface area (Å²) in [6.07, 6.45) is 5.99. The molecule has 0 radical (unpaired) electrons. The maximum absolute atomic E-state index is 14.3. The van der Waals surface area contributed by atoms with Gasteiger partial charge in [0.1, 0.15) is 0 Å². The Labute approximate surface area is 292 Å². The van der Waals surface area contributed by atoms with Gasteiger partial charge in [-0.15, -0.1) is 0 Å². The Kier molecular flexibility index (Phi) is 10.4. The van der Waals surface area contributed by atoms with Crippen LogP contribution in [0.1, 0.15) is 81.9 Å². The summed E-state index contributed by atoms with van der Waals surface area (Å²) in [5.41, 5.74) is 3.00. The van der Waals surface area contributed by atoms with Crippen LogP contribution >= 0.6 is 0 Å². The molecule has 11 heteroatoms. The van der Waals surface area contributed by atoms with Gasteiger partial charge in [-0.3, -0.25) is 14.4 Å². The summed E-state index contributed by atoms with van der Waals surface area (Å²) < 4.78 is 30.3. The lowest BCUT2D eigenvalue weighted by Gasteiger charge is -2.29. The summed E-state index contributed by atoms with van der Waals surface area (Å²) in [4.78, 5) is 44.8. The molecule has 2 heterocycles. The van der Waals surface area contributed by atoms with Gasteiger partial charge in [0.15, 0.2) is 5.69 Å². The van der Waals surface area contributed by atoms with Crippen molar-refractivity contribution in [1.29, 1.82) is 0 Å². The van der Waals surface area contributed by atoms with E-state index in [0.717, 1.165) is 42.0 Å². The number of carbonyl (C=O) groups is 3. The molecule has 1 aromatic heterocycles. The van der Waals surface area contributed by atoms with Gasteiger partial charge in [-0.05, 0) is 77.6 Å². The molecule has 4 aromatic carbocycles. The van der Waals surface area contributed by atoms with E-state index in [9.17, 15) is 22.8 Å². The van der Waals surface area contributed by atoms with Crippen molar-refractivity contribution in [3.63, 3.8) is 0 Å². The van der Waals surface area contributed by atoms with Crippen LogP contribution in [0.2, 0.25) is 0 Å². The molecule has 258 valence electrons. The molecule has 0 unspecified atom stereocenters. The van der Waals surface area contributed by atoms with Crippen LogP contribution in [0.15, 0.2) is 102 Å². The quantitative estimate of drug-likeness (QED) is 0.162. The van der Waals surface area contributed by atoms with Crippen LogP contribution in [0.25, 0.3) is 16.5 Å². The number of benzene rings is 4. The molecule has 0 spiro atoms. The molecule has 0 saturated heterocycles. The molecule has 50 heavy (non-hydrogen) atoms. The molecule has 0 aliphatic carbocycles. The third-order valence-corrected chi connectivity index (χ3v) is 10.4. The molecule has 1 aliphatic heterocycles. The number of nitrogens with one attached hydrogen (secondary N) is 1. The van der Waals surface area contributed by atoms with Crippen LogP contribution < -0.4 is 4.72 Å². The molecule has 0 fully saturated rings. The number of carbonyl (C=O) groups excluding carboxylic acids is 3. The molecular formula is C39H41N5O5S. The Morgan fingerprint density at radius 3 is 2.26 bits per heavy atom. The van der Waals surface area contributed by atoms with Crippen LogP contribution in [0.5, 0.6) is 0 Å². The molecule has 10 nitrogen and oxygen atoms in total. The normalized spacial score (nSPS) is 12.8. The smallest absolute Gasteiger partial charge is 0.274 e. The third kappa shape index (κ3) is 7.47. The lowest BCUT2D eigenvalue weighted by Crippen LogP contribution is -2.37. The second-order valence-electron chi connectivity index (χ2n) is 12.6. The van der Waals surface area contributed by atoms with E-state index in [-0.39, 0.29) is 33.5 Å². The van der Waals surface area contributed by atoms with Gasteiger partial charge in [0.25, 0.3) is 27.7 Å². The Morgan fingerprint density at radius 2 is 1.52 bits per heavy atom. The average molecular weight is 692 g/mol. The van der Waals surface area contributed by atoms with Crippen molar-refractivity contribution in [2.24, 2.45) is 0 Å². The van der Waals surface area contributed by atoms with Crippen LogP contribution in [-0.2, 0) is 23.0 Å². The van der Waals surface area contributed by atoms with Crippen molar-refractivity contribution in [3.05, 3.63) is 125 Å². The highest BCUT2D eigenvalue weighted by Gasteiger charge is 2.27. The fraction of sp³-hybridized carbons (Fsp3) is 0.282. The van der Waals surface area contributed by atoms with E-state index in [2.05, 4.69) is 29.7 Å². The first-order chi connectivity index (χ1) is 24.2. The Balaban J connectivity index is 1.33. The van der Waals surface area contributed by atoms with Crippen molar-refractivity contribution < 1.29 is 22.8 Å². The van der Waals surface area contributed by atoms with E-state index in [1.165, 1.54) is 34.5 Å². The monoisotopic (exact) mass is 691 g/mol. The first kappa shape index (κ1) is 34.6. The summed E-state index contributed by atoms with van der Waals surface area (Å²) in [5, 5.41) is 6.19. The van der Waals surface area contributed by atoms with Gasteiger partial charge in [0.2, 0.25) is 0 Å². The van der Waals surface area contributed by atoms with Crippen molar-refractivity contribution in [3.8, 4) is 5.69 Å². The topological polar surface area (TPSA) is 122 Å². The van der Waals surface area contributed by atoms with Crippen molar-refractivity contribution in [2.75, 3.05) is 19.6 Å². The van der Waals surface area contributed by atoms with Crippen LogP contribution in [0.3, 0.4) is 0 Å². The van der Waals surface area contributed by atoms with Crippen molar-refractivity contribution >= 4 is 38.5 Å². The summed E-state index contributed by atoms with van der Waals surface area (Å²) in [6, 6.07) is 26.0. The predicted molar refractivity (Wildman–Crippen MR) is 193 cm³/mol. The minimum absolute atomic E-state index is 0.00682. The fourth-order valence-corrected chi connectivity index (χ4v) is 7.22. The number of rotatable bonds is 12. The second-order valence-corrected chi connectivity index (χ2v) is 14.2. The third-order valence-electron chi connectivity index (χ3n) is 9.07. The Hall–Kier alpha value is -5.29. The first-order valence-electron chi connectivity index (χ1n) is 17.1. The van der Waals surface area contributed by atoms with Crippen molar-refractivity contribution in [2.45, 2.75) is 57.4 Å². The average Bonchev–Trinajstić information content (AvgIpc) is 3.64. The summed E-state index contributed by atoms with van der Waals surface area (Å²) >= 11 is 0. The molecule has 1 N–H and O–H groups in total. The zero-order valence-electron chi connectivity index (χ0n) is 28.3. The van der Waals surface area contributed by atoms with E-state index in [1.54, 1.807) is 35.4 Å². The van der Waals surface area contributed by atoms with Gasteiger partial charge < -0.3 is 9.80 Å². The van der Waals surface area contributed by atoms with Gasteiger partial charge >= 0.3 is 0 Å².